The Morgan fingerprint density at radius 3 is 1.55 bits per heavy atom. The van der Waals surface area contributed by atoms with Gasteiger partial charge in [0.1, 0.15) is 24.3 Å². The van der Waals surface area contributed by atoms with Gasteiger partial charge in [-0.15, -0.1) is 11.6 Å². The summed E-state index contributed by atoms with van der Waals surface area (Å²) in [5.74, 6) is 3.50. The molecule has 0 atom stereocenters. The molecule has 6 aromatic rings. The minimum atomic E-state index is -3.58. The second kappa shape index (κ2) is 22.2. The Morgan fingerprint density at radius 1 is 0.724 bits per heavy atom. The molecule has 0 bridgehead atoms. The molecular weight excluding hydrogens is 832 g/mol. The van der Waals surface area contributed by atoms with Crippen LogP contribution < -0.4 is 40.0 Å². The van der Waals surface area contributed by atoms with E-state index in [-0.39, 0.29) is 11.6 Å². The normalized spacial score (nSPS) is 10.8. The Hall–Kier alpha value is -5.82. The Labute approximate surface area is 348 Å². The van der Waals surface area contributed by atoms with Crippen LogP contribution in [0.15, 0.2) is 97.4 Å². The number of sulfonamides is 1. The number of alkyl halides is 1. The number of rotatable bonds is 13. The van der Waals surface area contributed by atoms with Crippen molar-refractivity contribution in [3.05, 3.63) is 97.4 Å². The van der Waals surface area contributed by atoms with Gasteiger partial charge in [0.15, 0.2) is 23.0 Å². The van der Waals surface area contributed by atoms with Gasteiger partial charge in [-0.2, -0.15) is 0 Å². The lowest BCUT2D eigenvalue weighted by Gasteiger charge is -2.13. The van der Waals surface area contributed by atoms with E-state index in [4.69, 9.17) is 48.3 Å². The van der Waals surface area contributed by atoms with Gasteiger partial charge < -0.3 is 35.3 Å². The number of benzene rings is 4. The van der Waals surface area contributed by atoms with Crippen molar-refractivity contribution < 1.29 is 37.2 Å². The molecule has 0 saturated carbocycles. The van der Waals surface area contributed by atoms with Crippen molar-refractivity contribution in [1.82, 2.24) is 19.9 Å². The Bertz CT molecular complexity index is 2560. The molecule has 20 heteroatoms. The van der Waals surface area contributed by atoms with Gasteiger partial charge in [0.25, 0.3) is 10.0 Å². The van der Waals surface area contributed by atoms with Crippen LogP contribution in [0.5, 0.6) is 23.0 Å². The number of hydrogen-bond donors (Lipinski definition) is 4. The van der Waals surface area contributed by atoms with E-state index in [0.29, 0.717) is 64.1 Å². The Morgan fingerprint density at radius 2 is 1.16 bits per heavy atom. The molecule has 2 heterocycles. The molecule has 5 N–H and O–H groups in total. The third-order valence-corrected chi connectivity index (χ3v) is 9.88. The Kier molecular flexibility index (Phi) is 17.2. The largest absolute Gasteiger partial charge is 0.493 e. The van der Waals surface area contributed by atoms with Crippen LogP contribution in [0.2, 0.25) is 0 Å². The standard InChI is InChI=1S/C18H18N4O4S.C16H16N4O2.C2H4Cl2O2S.C2H6/c1-4-27(23,24)22-13-7-5-6-12(8-13)21-18-14-9-16(25-2)17(26-3)10-15(14)19-11-20-18;1-21-14-7-12-13(8-15(14)22-2)18-9-19-16(12)20-11-5-3-4-10(17)6-11;3-1-2-7(4,5)6;1-2/h4-11,22H,1H2,2-3H3,(H,19,20,21);3-9H,17H2,1-2H3,(H,18,19,20);1-2H2;1-2H3/i;;;1D. The first-order chi connectivity index (χ1) is 28.1. The molecule has 16 nitrogen and oxygen atoms in total. The van der Waals surface area contributed by atoms with Crippen LogP contribution in [-0.4, -0.2) is 76.8 Å². The number of fused-ring (bicyclic) bond motifs is 2. The predicted molar refractivity (Wildman–Crippen MR) is 234 cm³/mol. The van der Waals surface area contributed by atoms with Crippen LogP contribution in [0, 0.1) is 0 Å². The van der Waals surface area contributed by atoms with Crippen molar-refractivity contribution in [3.63, 3.8) is 0 Å². The number of hydrogen-bond acceptors (Lipinski definition) is 15. The number of ether oxygens (including phenoxy) is 4. The zero-order valence-electron chi connectivity index (χ0n) is 33.2. The highest BCUT2D eigenvalue weighted by Crippen LogP contribution is 2.36. The van der Waals surface area contributed by atoms with Crippen LogP contribution in [0.25, 0.3) is 21.8 Å². The summed E-state index contributed by atoms with van der Waals surface area (Å²) in [6.07, 6.45) is 2.93. The van der Waals surface area contributed by atoms with Gasteiger partial charge in [0.2, 0.25) is 9.05 Å². The summed E-state index contributed by atoms with van der Waals surface area (Å²) in [6, 6.07) is 21.5. The third kappa shape index (κ3) is 13.7. The van der Waals surface area contributed by atoms with Gasteiger partial charge in [-0.25, -0.2) is 36.8 Å². The third-order valence-electron chi connectivity index (χ3n) is 7.36. The highest BCUT2D eigenvalue weighted by atomic mass is 35.7. The van der Waals surface area contributed by atoms with Crippen molar-refractivity contribution in [2.75, 3.05) is 61.2 Å². The quantitative estimate of drug-likeness (QED) is 0.0490. The van der Waals surface area contributed by atoms with Gasteiger partial charge >= 0.3 is 0 Å². The van der Waals surface area contributed by atoms with E-state index in [0.717, 1.165) is 27.4 Å². The second-order valence-corrected chi connectivity index (χ2v) is 16.0. The number of methoxy groups -OCH3 is 4. The lowest BCUT2D eigenvalue weighted by Crippen LogP contribution is -2.08. The summed E-state index contributed by atoms with van der Waals surface area (Å²) in [4.78, 5) is 17.1. The lowest BCUT2D eigenvalue weighted by atomic mass is 10.2. The van der Waals surface area contributed by atoms with Crippen LogP contribution in [-0.2, 0) is 19.1 Å². The van der Waals surface area contributed by atoms with Crippen LogP contribution >= 0.6 is 22.3 Å². The molecule has 0 aliphatic heterocycles. The van der Waals surface area contributed by atoms with E-state index < -0.39 is 19.1 Å². The molecule has 0 saturated heterocycles. The van der Waals surface area contributed by atoms with E-state index in [2.05, 4.69) is 41.9 Å². The zero-order valence-corrected chi connectivity index (χ0v) is 35.3. The topological polar surface area (TPSA) is 219 Å². The molecule has 6 rings (SSSR count). The maximum absolute atomic E-state index is 11.6. The van der Waals surface area contributed by atoms with E-state index in [9.17, 15) is 16.8 Å². The number of halogens is 2. The maximum Gasteiger partial charge on any atom is 0.254 e. The average molecular weight is 877 g/mol. The zero-order chi connectivity index (χ0) is 43.6. The molecule has 310 valence electrons. The average Bonchev–Trinajstić information content (AvgIpc) is 3.20. The van der Waals surface area contributed by atoms with Gasteiger partial charge in [-0.3, -0.25) is 4.72 Å². The molecule has 0 fully saturated rings. The number of nitrogens with one attached hydrogen (secondary N) is 3. The van der Waals surface area contributed by atoms with Crippen molar-refractivity contribution >= 4 is 97.5 Å². The molecule has 0 aliphatic rings. The second-order valence-electron chi connectivity index (χ2n) is 11.1. The van der Waals surface area contributed by atoms with Crippen molar-refractivity contribution in [2.24, 2.45) is 0 Å². The molecule has 58 heavy (non-hydrogen) atoms. The van der Waals surface area contributed by atoms with Gasteiger partial charge in [-0.05, 0) is 48.5 Å². The number of nitrogens with two attached hydrogens (primary N) is 1. The minimum absolute atomic E-state index is 0.0613. The maximum atomic E-state index is 11.6. The highest BCUT2D eigenvalue weighted by molar-refractivity contribution is 8.13. The summed E-state index contributed by atoms with van der Waals surface area (Å²) >= 11 is 5.02. The first-order valence-corrected chi connectivity index (χ1v) is 21.4. The predicted octanol–water partition coefficient (Wildman–Crippen LogP) is 8.07. The van der Waals surface area contributed by atoms with E-state index in [1.54, 1.807) is 71.8 Å². The Balaban J connectivity index is 0.000000260. The monoisotopic (exact) mass is 875 g/mol. The number of aromatic nitrogens is 4. The molecule has 0 amide bonds. The van der Waals surface area contributed by atoms with Crippen molar-refractivity contribution in [1.29, 1.82) is 0 Å². The van der Waals surface area contributed by atoms with Gasteiger partial charge in [0.05, 0.1) is 50.9 Å². The molecular formula is C38H44Cl2N8O8S2. The fourth-order valence-corrected chi connectivity index (χ4v) is 6.61. The van der Waals surface area contributed by atoms with E-state index >= 15 is 0 Å². The first-order valence-electron chi connectivity index (χ1n) is 17.5. The number of nitrogen functional groups attached to an aromatic ring is 1. The fraction of sp³-hybridized carbons (Fsp3) is 0.211. The van der Waals surface area contributed by atoms with Crippen molar-refractivity contribution in [2.45, 2.75) is 13.8 Å². The number of anilines is 6. The van der Waals surface area contributed by atoms with Gasteiger partial charge in [-0.1, -0.05) is 32.5 Å². The molecule has 0 aliphatic carbocycles. The molecule has 0 radical (unpaired) electrons. The number of nitrogens with zero attached hydrogens (tertiary/aromatic N) is 4. The highest BCUT2D eigenvalue weighted by Gasteiger charge is 2.13. The molecule has 0 spiro atoms. The summed E-state index contributed by atoms with van der Waals surface area (Å²) in [7, 11) is 4.10. The summed E-state index contributed by atoms with van der Waals surface area (Å²) in [5.41, 5.74) is 9.82. The molecule has 2 aromatic heterocycles. The first kappa shape index (κ1) is 44.9. The SMILES string of the molecule is C=CS(=O)(=O)Nc1cccc(Nc2ncnc3cc(OC)c(OC)cc23)c1.COc1cc2ncnc(Nc3cccc(N)c3)c2cc1OC.O=S(=O)(Cl)CCCl.[2H]CC. The summed E-state index contributed by atoms with van der Waals surface area (Å²) in [6.45, 7) is 5.57. The molecule has 4 aromatic carbocycles. The summed E-state index contributed by atoms with van der Waals surface area (Å²) < 4.78 is 73.0. The smallest absolute Gasteiger partial charge is 0.254 e. The van der Waals surface area contributed by atoms with Crippen LogP contribution in [0.4, 0.5) is 34.4 Å². The lowest BCUT2D eigenvalue weighted by molar-refractivity contribution is 0.356. The van der Waals surface area contributed by atoms with E-state index in [1.807, 2.05) is 36.4 Å². The summed E-state index contributed by atoms with van der Waals surface area (Å²) in [5, 5.41) is 8.84. The molecule has 0 unspecified atom stereocenters. The van der Waals surface area contributed by atoms with Crippen LogP contribution in [0.1, 0.15) is 15.2 Å². The van der Waals surface area contributed by atoms with Crippen molar-refractivity contribution in [3.8, 4) is 23.0 Å². The van der Waals surface area contributed by atoms with Gasteiger partial charge in [0, 0.05) is 63.3 Å². The van der Waals surface area contributed by atoms with Crippen LogP contribution in [0.3, 0.4) is 0 Å². The van der Waals surface area contributed by atoms with E-state index in [1.165, 1.54) is 12.7 Å². The minimum Gasteiger partial charge on any atom is -0.493 e. The fourth-order valence-electron chi connectivity index (χ4n) is 4.81.